The molecule has 0 heterocycles. The highest BCUT2D eigenvalue weighted by molar-refractivity contribution is 7.47. The van der Waals surface area contributed by atoms with Crippen molar-refractivity contribution in [1.82, 2.24) is 0 Å². The molecule has 548 valence electrons. The molecule has 5 atom stereocenters. The third-order valence-corrected chi connectivity index (χ3v) is 17.9. The second kappa shape index (κ2) is 68.3. The van der Waals surface area contributed by atoms with E-state index in [-0.39, 0.29) is 25.7 Å². The lowest BCUT2D eigenvalue weighted by Crippen LogP contribution is -2.30. The number of aliphatic hydroxyl groups excluding tert-OH is 1. The lowest BCUT2D eigenvalue weighted by atomic mass is 10.0. The summed E-state index contributed by atoms with van der Waals surface area (Å²) in [5.41, 5.74) is 0. The maximum atomic E-state index is 13.0. The summed E-state index contributed by atoms with van der Waals surface area (Å²) in [5, 5.41) is 10.6. The fourth-order valence-corrected chi connectivity index (χ4v) is 11.8. The molecule has 0 aliphatic heterocycles. The highest BCUT2D eigenvalue weighted by Crippen LogP contribution is 2.45. The predicted octanol–water partition coefficient (Wildman–Crippen LogP) is 21.1. The fourth-order valence-electron chi connectivity index (χ4n) is 10.2. The van der Waals surface area contributed by atoms with Gasteiger partial charge in [0.15, 0.2) is 12.2 Å². The van der Waals surface area contributed by atoms with Crippen LogP contribution in [-0.2, 0) is 65.4 Å². The number of phosphoric acid groups is 2. The quantitative estimate of drug-likeness (QED) is 0.0169. The average molecular weight is 1370 g/mol. The molecule has 0 saturated heterocycles. The van der Waals surface area contributed by atoms with E-state index in [4.69, 9.17) is 37.0 Å². The van der Waals surface area contributed by atoms with Crippen LogP contribution >= 0.6 is 15.6 Å². The molecule has 5 unspecified atom stereocenters. The third kappa shape index (κ3) is 67.3. The topological polar surface area (TPSA) is 237 Å². The van der Waals surface area contributed by atoms with Gasteiger partial charge in [0, 0.05) is 25.7 Å². The number of ether oxygens (including phenoxy) is 4. The summed E-state index contributed by atoms with van der Waals surface area (Å²) in [5.74, 6) is -2.19. The highest BCUT2D eigenvalue weighted by atomic mass is 31.2. The standard InChI is InChI=1S/C75H136O17P2/c1-5-9-13-17-21-25-29-32-34-37-40-43-47-51-55-59-72(77)85-65-70(91-74(79)61-57-53-49-45-39-28-24-20-16-12-8-4)67-89-93(81,82)87-63-69(76)64-88-94(83,84)90-68-71(92-75(80)62-58-54-50-46-42-36-31-27-23-19-15-11-7-3)66-86-73(78)60-56-52-48-44-41-38-35-33-30-26-22-18-14-10-6-2/h10,14,20,22,24,26,32-35,69-71,76H,5-9,11-13,15-19,21,23,25,27-31,36-68H2,1-4H3,(H,81,82)(H,83,84)/b14-10-,24-20-,26-22-,34-32-,35-33-. The maximum Gasteiger partial charge on any atom is 0.472 e. The summed E-state index contributed by atoms with van der Waals surface area (Å²) in [6, 6.07) is 0. The van der Waals surface area contributed by atoms with E-state index >= 15 is 0 Å². The molecule has 3 N–H and O–H groups in total. The number of hydrogen-bond acceptors (Lipinski definition) is 15. The van der Waals surface area contributed by atoms with E-state index in [9.17, 15) is 43.2 Å². The van der Waals surface area contributed by atoms with Crippen molar-refractivity contribution in [2.24, 2.45) is 0 Å². The van der Waals surface area contributed by atoms with Gasteiger partial charge in [-0.3, -0.25) is 37.3 Å². The molecule has 17 nitrogen and oxygen atoms in total. The number of phosphoric ester groups is 2. The molecule has 0 fully saturated rings. The van der Waals surface area contributed by atoms with Crippen LogP contribution in [0, 0.1) is 0 Å². The first kappa shape index (κ1) is 90.8. The highest BCUT2D eigenvalue weighted by Gasteiger charge is 2.30. The monoisotopic (exact) mass is 1370 g/mol. The van der Waals surface area contributed by atoms with E-state index in [1.54, 1.807) is 0 Å². The Kier molecular flexibility index (Phi) is 65.9. The second-order valence-electron chi connectivity index (χ2n) is 25.2. The Morgan fingerprint density at radius 3 is 0.894 bits per heavy atom. The Balaban J connectivity index is 5.30. The molecule has 0 aliphatic carbocycles. The molecule has 19 heteroatoms. The van der Waals surface area contributed by atoms with Crippen LogP contribution in [-0.4, -0.2) is 96.7 Å². The summed E-state index contributed by atoms with van der Waals surface area (Å²) >= 11 is 0. The fraction of sp³-hybridized carbons (Fsp3) is 0.813. The Bertz CT molecular complexity index is 2030. The minimum Gasteiger partial charge on any atom is -0.462 e. The van der Waals surface area contributed by atoms with E-state index in [0.717, 1.165) is 154 Å². The van der Waals surface area contributed by atoms with Crippen molar-refractivity contribution < 1.29 is 80.2 Å². The molecule has 0 aromatic heterocycles. The van der Waals surface area contributed by atoms with Gasteiger partial charge in [-0.2, -0.15) is 0 Å². The van der Waals surface area contributed by atoms with E-state index < -0.39 is 97.5 Å². The largest absolute Gasteiger partial charge is 0.472 e. The minimum atomic E-state index is -4.97. The number of carbonyl (C=O) groups is 4. The minimum absolute atomic E-state index is 0.0866. The Morgan fingerprint density at radius 2 is 0.564 bits per heavy atom. The van der Waals surface area contributed by atoms with E-state index in [2.05, 4.69) is 88.5 Å². The Hall–Kier alpha value is -3.24. The van der Waals surface area contributed by atoms with E-state index in [0.29, 0.717) is 25.7 Å². The van der Waals surface area contributed by atoms with Crippen molar-refractivity contribution in [1.29, 1.82) is 0 Å². The van der Waals surface area contributed by atoms with Crippen molar-refractivity contribution in [3.8, 4) is 0 Å². The summed E-state index contributed by atoms with van der Waals surface area (Å²) < 4.78 is 68.4. The first-order valence-electron chi connectivity index (χ1n) is 37.5. The molecule has 0 aliphatic rings. The molecule has 0 radical (unpaired) electrons. The average Bonchev–Trinajstić information content (AvgIpc) is 1.55. The van der Waals surface area contributed by atoms with Crippen molar-refractivity contribution >= 4 is 39.5 Å². The van der Waals surface area contributed by atoms with Crippen LogP contribution in [0.25, 0.3) is 0 Å². The summed E-state index contributed by atoms with van der Waals surface area (Å²) in [7, 11) is -9.93. The Labute approximate surface area is 571 Å². The van der Waals surface area contributed by atoms with Gasteiger partial charge in [0.2, 0.25) is 0 Å². The molecule has 0 bridgehead atoms. The third-order valence-electron chi connectivity index (χ3n) is 16.0. The number of carbonyl (C=O) groups excluding carboxylic acids is 4. The predicted molar refractivity (Wildman–Crippen MR) is 381 cm³/mol. The Morgan fingerprint density at radius 1 is 0.309 bits per heavy atom. The zero-order chi connectivity index (χ0) is 69.0. The van der Waals surface area contributed by atoms with Gasteiger partial charge in [-0.25, -0.2) is 9.13 Å². The lowest BCUT2D eigenvalue weighted by Gasteiger charge is -2.21. The van der Waals surface area contributed by atoms with Gasteiger partial charge in [-0.15, -0.1) is 0 Å². The van der Waals surface area contributed by atoms with Gasteiger partial charge < -0.3 is 33.8 Å². The molecular formula is C75H136O17P2. The van der Waals surface area contributed by atoms with Gasteiger partial charge in [-0.1, -0.05) is 268 Å². The smallest absolute Gasteiger partial charge is 0.462 e. The number of esters is 4. The van der Waals surface area contributed by atoms with Gasteiger partial charge in [0.05, 0.1) is 26.4 Å². The molecule has 0 spiro atoms. The molecule has 0 rings (SSSR count). The first-order chi connectivity index (χ1) is 45.7. The molecule has 0 amide bonds. The van der Waals surface area contributed by atoms with Gasteiger partial charge in [0.25, 0.3) is 0 Å². The van der Waals surface area contributed by atoms with Crippen LogP contribution in [0.4, 0.5) is 0 Å². The van der Waals surface area contributed by atoms with Crippen molar-refractivity contribution in [2.45, 2.75) is 354 Å². The first-order valence-corrected chi connectivity index (χ1v) is 40.5. The number of aliphatic hydroxyl groups is 1. The van der Waals surface area contributed by atoms with Crippen LogP contribution < -0.4 is 0 Å². The van der Waals surface area contributed by atoms with Crippen LogP contribution in [0.3, 0.4) is 0 Å². The van der Waals surface area contributed by atoms with Crippen LogP contribution in [0.15, 0.2) is 60.8 Å². The van der Waals surface area contributed by atoms with Crippen LogP contribution in [0.2, 0.25) is 0 Å². The van der Waals surface area contributed by atoms with E-state index in [1.165, 1.54) is 103 Å². The van der Waals surface area contributed by atoms with Gasteiger partial charge in [-0.05, 0) is 103 Å². The molecule has 0 aromatic carbocycles. The van der Waals surface area contributed by atoms with E-state index in [1.807, 2.05) is 0 Å². The molecule has 94 heavy (non-hydrogen) atoms. The van der Waals surface area contributed by atoms with Gasteiger partial charge in [0.1, 0.15) is 19.3 Å². The maximum absolute atomic E-state index is 13.0. The second-order valence-corrected chi connectivity index (χ2v) is 28.1. The zero-order valence-corrected chi connectivity index (χ0v) is 61.4. The number of unbranched alkanes of at least 4 members (excludes halogenated alkanes) is 35. The zero-order valence-electron chi connectivity index (χ0n) is 59.6. The van der Waals surface area contributed by atoms with Crippen molar-refractivity contribution in [2.75, 3.05) is 39.6 Å². The molecule has 0 aromatic rings. The van der Waals surface area contributed by atoms with Crippen LogP contribution in [0.5, 0.6) is 0 Å². The number of allylic oxidation sites excluding steroid dienone is 10. The van der Waals surface area contributed by atoms with Crippen LogP contribution in [0.1, 0.15) is 336 Å². The number of rotatable bonds is 71. The SMILES string of the molecule is CC/C=C\C/C=C\C/C=C\CCCCCCCC(=O)OCC(COP(=O)(O)OCC(O)COP(=O)(O)OCC(COC(=O)CCCCCCC/C=C\CCCCCCCC)OC(=O)CCCCCCC/C=C\CCCC)OC(=O)CCCCCCCCCCCCCCC. The summed E-state index contributed by atoms with van der Waals surface area (Å²) in [4.78, 5) is 72.7. The van der Waals surface area contributed by atoms with Crippen molar-refractivity contribution in [3.05, 3.63) is 60.8 Å². The van der Waals surface area contributed by atoms with Gasteiger partial charge >= 0.3 is 39.5 Å². The summed E-state index contributed by atoms with van der Waals surface area (Å²) in [6.07, 6.45) is 65.0. The molecule has 0 saturated carbocycles. The normalized spacial score (nSPS) is 14.3. The van der Waals surface area contributed by atoms with Crippen molar-refractivity contribution in [3.63, 3.8) is 0 Å². The summed E-state index contributed by atoms with van der Waals surface area (Å²) in [6.45, 7) is 4.72. The molecular weight excluding hydrogens is 1230 g/mol. The number of hydrogen-bond donors (Lipinski definition) is 3. The lowest BCUT2D eigenvalue weighted by molar-refractivity contribution is -0.161.